The molecule has 0 fully saturated rings. The lowest BCUT2D eigenvalue weighted by Gasteiger charge is -2.02. The summed E-state index contributed by atoms with van der Waals surface area (Å²) >= 11 is 0. The zero-order valence-corrected chi connectivity index (χ0v) is 11.8. The Bertz CT molecular complexity index is 483. The summed E-state index contributed by atoms with van der Waals surface area (Å²) in [5, 5.41) is 0. The molecule has 20 heavy (non-hydrogen) atoms. The molecule has 0 aliphatic carbocycles. The molecule has 0 aromatic heterocycles. The predicted octanol–water partition coefficient (Wildman–Crippen LogP) is 3.07. The molecule has 0 spiro atoms. The molecule has 106 valence electrons. The number of benzene rings is 2. The quantitative estimate of drug-likeness (QED) is 0.869. The van der Waals surface area contributed by atoms with Gasteiger partial charge in [-0.2, -0.15) is 0 Å². The summed E-state index contributed by atoms with van der Waals surface area (Å²) in [5.41, 5.74) is 7.51. The van der Waals surface area contributed by atoms with Crippen LogP contribution >= 0.6 is 0 Å². The van der Waals surface area contributed by atoms with E-state index in [2.05, 4.69) is 19.1 Å². The molecule has 0 amide bonds. The average molecular weight is 271 g/mol. The Morgan fingerprint density at radius 2 is 1.55 bits per heavy atom. The fraction of sp³-hybridized carbons (Fsp3) is 0.235. The molecule has 0 heterocycles. The number of hydrogen-bond donors (Lipinski definition) is 1. The normalized spacial score (nSPS) is 9.30. The monoisotopic (exact) mass is 271 g/mol. The van der Waals surface area contributed by atoms with Gasteiger partial charge in [0, 0.05) is 6.54 Å². The molecule has 0 saturated heterocycles. The van der Waals surface area contributed by atoms with Gasteiger partial charge in [-0.15, -0.1) is 0 Å². The smallest absolute Gasteiger partial charge is 0.307 e. The summed E-state index contributed by atoms with van der Waals surface area (Å²) < 4.78 is 4.95. The van der Waals surface area contributed by atoms with Gasteiger partial charge in [0.2, 0.25) is 0 Å². The molecule has 0 bridgehead atoms. The molecule has 3 heteroatoms. The third-order valence-corrected chi connectivity index (χ3v) is 2.53. The molecule has 0 unspecified atom stereocenters. The van der Waals surface area contributed by atoms with Crippen molar-refractivity contribution in [3.63, 3.8) is 0 Å². The summed E-state index contributed by atoms with van der Waals surface area (Å²) in [5.74, 6) is -0.244. The molecule has 2 aromatic carbocycles. The van der Waals surface area contributed by atoms with E-state index in [0.717, 1.165) is 5.56 Å². The van der Waals surface area contributed by atoms with Crippen LogP contribution in [0.3, 0.4) is 0 Å². The second-order valence-electron chi connectivity index (χ2n) is 4.34. The highest BCUT2D eigenvalue weighted by Gasteiger charge is 2.00. The van der Waals surface area contributed by atoms with Crippen LogP contribution in [0, 0.1) is 6.92 Å². The fourth-order valence-electron chi connectivity index (χ4n) is 1.46. The van der Waals surface area contributed by atoms with Crippen LogP contribution < -0.4 is 5.73 Å². The van der Waals surface area contributed by atoms with Crippen molar-refractivity contribution in [1.29, 1.82) is 0 Å². The third kappa shape index (κ3) is 7.34. The Kier molecular flexibility index (Phi) is 7.77. The van der Waals surface area contributed by atoms with Gasteiger partial charge in [0.25, 0.3) is 0 Å². The summed E-state index contributed by atoms with van der Waals surface area (Å²) in [6.07, 6.45) is 0.285. The van der Waals surface area contributed by atoms with E-state index in [1.165, 1.54) is 5.56 Å². The van der Waals surface area contributed by atoms with E-state index in [1.54, 1.807) is 0 Å². The number of rotatable bonds is 4. The van der Waals surface area contributed by atoms with Crippen molar-refractivity contribution in [3.8, 4) is 0 Å². The summed E-state index contributed by atoms with van der Waals surface area (Å²) in [6, 6.07) is 19.8. The van der Waals surface area contributed by atoms with Crippen LogP contribution in [0.4, 0.5) is 0 Å². The predicted molar refractivity (Wildman–Crippen MR) is 81.1 cm³/mol. The van der Waals surface area contributed by atoms with Crippen LogP contribution in [0.1, 0.15) is 17.5 Å². The first-order valence-corrected chi connectivity index (χ1v) is 6.63. The van der Waals surface area contributed by atoms with Crippen molar-refractivity contribution >= 4 is 5.97 Å². The molecule has 2 N–H and O–H groups in total. The van der Waals surface area contributed by atoms with Crippen LogP contribution in [0.2, 0.25) is 0 Å². The van der Waals surface area contributed by atoms with E-state index in [4.69, 9.17) is 10.5 Å². The SMILES string of the molecule is Cc1ccccc1.NCCC(=O)OCc1ccccc1. The van der Waals surface area contributed by atoms with E-state index in [0.29, 0.717) is 13.2 Å². The standard InChI is InChI=1S/C10H13NO2.C7H8/c11-7-6-10(12)13-8-9-4-2-1-3-5-9;1-7-5-3-2-4-6-7/h1-5H,6-8,11H2;2-6H,1H3. The van der Waals surface area contributed by atoms with Crippen LogP contribution in [-0.2, 0) is 16.1 Å². The number of nitrogens with two attached hydrogens (primary N) is 1. The molecule has 0 saturated carbocycles. The Morgan fingerprint density at radius 3 is 2.00 bits per heavy atom. The maximum Gasteiger partial charge on any atom is 0.307 e. The van der Waals surface area contributed by atoms with Crippen molar-refractivity contribution in [1.82, 2.24) is 0 Å². The number of carbonyl (C=O) groups is 1. The lowest BCUT2D eigenvalue weighted by Crippen LogP contribution is -2.10. The van der Waals surface area contributed by atoms with E-state index in [-0.39, 0.29) is 12.4 Å². The minimum absolute atomic E-state index is 0.244. The molecular weight excluding hydrogens is 250 g/mol. The van der Waals surface area contributed by atoms with Crippen LogP contribution in [0.25, 0.3) is 0 Å². The molecule has 0 aliphatic rings. The Balaban J connectivity index is 0.000000240. The number of ether oxygens (including phenoxy) is 1. The Morgan fingerprint density at radius 1 is 1.00 bits per heavy atom. The van der Waals surface area contributed by atoms with Crippen molar-refractivity contribution in [2.24, 2.45) is 5.73 Å². The van der Waals surface area contributed by atoms with Crippen molar-refractivity contribution in [2.75, 3.05) is 6.54 Å². The average Bonchev–Trinajstić information content (AvgIpc) is 2.48. The number of aryl methyl sites for hydroxylation is 1. The van der Waals surface area contributed by atoms with Gasteiger partial charge < -0.3 is 10.5 Å². The van der Waals surface area contributed by atoms with Crippen LogP contribution in [0.5, 0.6) is 0 Å². The van der Waals surface area contributed by atoms with E-state index >= 15 is 0 Å². The maximum atomic E-state index is 10.9. The number of carbonyl (C=O) groups excluding carboxylic acids is 1. The second kappa shape index (κ2) is 9.75. The van der Waals surface area contributed by atoms with Gasteiger partial charge in [-0.25, -0.2) is 0 Å². The highest BCUT2D eigenvalue weighted by molar-refractivity contribution is 5.69. The first-order chi connectivity index (χ1) is 9.72. The fourth-order valence-corrected chi connectivity index (χ4v) is 1.46. The van der Waals surface area contributed by atoms with Gasteiger partial charge in [0.1, 0.15) is 6.61 Å². The van der Waals surface area contributed by atoms with Crippen molar-refractivity contribution in [3.05, 3.63) is 71.8 Å². The van der Waals surface area contributed by atoms with Gasteiger partial charge in [-0.05, 0) is 12.5 Å². The summed E-state index contributed by atoms with van der Waals surface area (Å²) in [4.78, 5) is 10.9. The lowest BCUT2D eigenvalue weighted by molar-refractivity contribution is -0.144. The lowest BCUT2D eigenvalue weighted by atomic mass is 10.2. The third-order valence-electron chi connectivity index (χ3n) is 2.53. The molecule has 0 atom stereocenters. The molecule has 2 aromatic rings. The number of hydrogen-bond acceptors (Lipinski definition) is 3. The van der Waals surface area contributed by atoms with Crippen molar-refractivity contribution in [2.45, 2.75) is 20.0 Å². The summed E-state index contributed by atoms with van der Waals surface area (Å²) in [7, 11) is 0. The van der Waals surface area contributed by atoms with Gasteiger partial charge in [-0.1, -0.05) is 66.2 Å². The van der Waals surface area contributed by atoms with E-state index < -0.39 is 0 Å². The minimum Gasteiger partial charge on any atom is -0.461 e. The van der Waals surface area contributed by atoms with E-state index in [9.17, 15) is 4.79 Å². The van der Waals surface area contributed by atoms with Crippen LogP contribution in [0.15, 0.2) is 60.7 Å². The summed E-state index contributed by atoms with van der Waals surface area (Å²) in [6.45, 7) is 2.76. The van der Waals surface area contributed by atoms with Gasteiger partial charge in [-0.3, -0.25) is 4.79 Å². The molecule has 0 aliphatic heterocycles. The highest BCUT2D eigenvalue weighted by Crippen LogP contribution is 2.01. The highest BCUT2D eigenvalue weighted by atomic mass is 16.5. The van der Waals surface area contributed by atoms with Crippen LogP contribution in [-0.4, -0.2) is 12.5 Å². The van der Waals surface area contributed by atoms with E-state index in [1.807, 2.05) is 48.5 Å². The Labute approximate surface area is 120 Å². The molecular formula is C17H21NO2. The topological polar surface area (TPSA) is 52.3 Å². The van der Waals surface area contributed by atoms with Gasteiger partial charge in [0.15, 0.2) is 0 Å². The molecule has 0 radical (unpaired) electrons. The maximum absolute atomic E-state index is 10.9. The Hall–Kier alpha value is -2.13. The first kappa shape index (κ1) is 15.9. The first-order valence-electron chi connectivity index (χ1n) is 6.63. The van der Waals surface area contributed by atoms with Gasteiger partial charge in [0.05, 0.1) is 6.42 Å². The minimum atomic E-state index is -0.244. The largest absolute Gasteiger partial charge is 0.461 e. The molecule has 2 rings (SSSR count). The zero-order valence-electron chi connectivity index (χ0n) is 11.8. The number of esters is 1. The second-order valence-corrected chi connectivity index (χ2v) is 4.34. The van der Waals surface area contributed by atoms with Crippen molar-refractivity contribution < 1.29 is 9.53 Å². The van der Waals surface area contributed by atoms with Gasteiger partial charge >= 0.3 is 5.97 Å². The zero-order chi connectivity index (χ0) is 14.6. The molecule has 3 nitrogen and oxygen atoms in total.